The van der Waals surface area contributed by atoms with Gasteiger partial charge in [-0.3, -0.25) is 24.8 Å². The summed E-state index contributed by atoms with van der Waals surface area (Å²) in [6, 6.07) is 17.6. The van der Waals surface area contributed by atoms with E-state index in [9.17, 15) is 19.7 Å². The molecule has 1 aromatic heterocycles. The number of benzene rings is 3. The summed E-state index contributed by atoms with van der Waals surface area (Å²) < 4.78 is 0. The number of ketones is 1. The van der Waals surface area contributed by atoms with Crippen LogP contribution in [0.25, 0.3) is 11.4 Å². The highest BCUT2D eigenvalue weighted by molar-refractivity contribution is 6.18. The van der Waals surface area contributed by atoms with Gasteiger partial charge in [0, 0.05) is 42.5 Å². The number of hydrogen-bond donors (Lipinski definition) is 2. The summed E-state index contributed by atoms with van der Waals surface area (Å²) in [6.07, 6.45) is 0. The van der Waals surface area contributed by atoms with E-state index in [4.69, 9.17) is 0 Å². The molecule has 0 aliphatic carbocycles. The highest BCUT2D eigenvalue weighted by atomic mass is 16.6. The number of aromatic nitrogens is 3. The van der Waals surface area contributed by atoms with Gasteiger partial charge in [0.2, 0.25) is 0 Å². The summed E-state index contributed by atoms with van der Waals surface area (Å²) in [4.78, 5) is 43.2. The van der Waals surface area contributed by atoms with Gasteiger partial charge in [-0.1, -0.05) is 18.2 Å². The number of anilines is 2. The van der Waals surface area contributed by atoms with Crippen LogP contribution in [0, 0.1) is 17.0 Å². The molecule has 0 unspecified atom stereocenters. The summed E-state index contributed by atoms with van der Waals surface area (Å²) in [5.41, 5.74) is 1.92. The van der Waals surface area contributed by atoms with Crippen molar-refractivity contribution >= 4 is 28.8 Å². The van der Waals surface area contributed by atoms with Gasteiger partial charge in [-0.2, -0.15) is 5.10 Å². The molecule has 4 aromatic rings. The predicted octanol–water partition coefficient (Wildman–Crippen LogP) is 4.24. The summed E-state index contributed by atoms with van der Waals surface area (Å²) in [7, 11) is 3.37. The monoisotopic (exact) mass is 470 g/mol. The lowest BCUT2D eigenvalue weighted by Crippen LogP contribution is -2.17. The Balaban J connectivity index is 1.59. The Kier molecular flexibility index (Phi) is 6.36. The average molecular weight is 470 g/mol. The average Bonchev–Trinajstić information content (AvgIpc) is 3.29. The Morgan fingerprint density at radius 2 is 1.69 bits per heavy atom. The van der Waals surface area contributed by atoms with Gasteiger partial charge in [-0.15, -0.1) is 0 Å². The molecule has 3 aromatic carbocycles. The van der Waals surface area contributed by atoms with Gasteiger partial charge in [0.05, 0.1) is 10.5 Å². The first-order valence-corrected chi connectivity index (χ1v) is 10.6. The molecule has 0 spiro atoms. The minimum Gasteiger partial charge on any atom is -0.372 e. The Bertz CT molecular complexity index is 1430. The maximum absolute atomic E-state index is 13.3. The fraction of sp³-hybridized carbons (Fsp3) is 0.120. The molecular weight excluding hydrogens is 448 g/mol. The molecule has 0 aliphatic heterocycles. The number of carbonyl (C=O) groups is 2. The standard InChI is InChI=1S/C25H22N6O4/c1-15-26-24(29-28-15)16-8-11-18(12-9-16)27-25(33)20-7-5-4-6-19(20)23(32)17-10-13-21(30(2)3)22(14-17)31(34)35/h4-14H,1-3H3,(H,27,33)(H,26,28,29). The first-order chi connectivity index (χ1) is 16.7. The van der Waals surface area contributed by atoms with Gasteiger partial charge in [0.15, 0.2) is 11.6 Å². The molecule has 4 rings (SSSR count). The zero-order valence-electron chi connectivity index (χ0n) is 19.3. The topological polar surface area (TPSA) is 134 Å². The molecule has 0 atom stereocenters. The van der Waals surface area contributed by atoms with E-state index in [1.54, 1.807) is 62.3 Å². The molecule has 0 saturated heterocycles. The molecule has 176 valence electrons. The third-order valence-corrected chi connectivity index (χ3v) is 5.33. The van der Waals surface area contributed by atoms with Crippen molar-refractivity contribution in [3.8, 4) is 11.4 Å². The van der Waals surface area contributed by atoms with Crippen molar-refractivity contribution in [2.45, 2.75) is 6.92 Å². The summed E-state index contributed by atoms with van der Waals surface area (Å²) >= 11 is 0. The number of amides is 1. The van der Waals surface area contributed by atoms with Crippen LogP contribution in [0.3, 0.4) is 0 Å². The lowest BCUT2D eigenvalue weighted by Gasteiger charge is -2.14. The molecule has 0 bridgehead atoms. The van der Waals surface area contributed by atoms with Crippen LogP contribution >= 0.6 is 0 Å². The van der Waals surface area contributed by atoms with Crippen molar-refractivity contribution in [2.75, 3.05) is 24.3 Å². The number of nitro groups is 1. The van der Waals surface area contributed by atoms with Crippen LogP contribution in [0.4, 0.5) is 17.1 Å². The lowest BCUT2D eigenvalue weighted by atomic mass is 9.97. The summed E-state index contributed by atoms with van der Waals surface area (Å²) in [6.45, 7) is 1.80. The molecular formula is C25H22N6O4. The molecule has 0 saturated carbocycles. The van der Waals surface area contributed by atoms with Gasteiger partial charge in [-0.25, -0.2) is 4.98 Å². The third kappa shape index (κ3) is 4.91. The fourth-order valence-corrected chi connectivity index (χ4v) is 3.60. The van der Waals surface area contributed by atoms with Crippen molar-refractivity contribution in [3.05, 3.63) is 99.4 Å². The number of aromatic amines is 1. The SMILES string of the molecule is Cc1nc(-c2ccc(NC(=O)c3ccccc3C(=O)c3ccc(N(C)C)c([N+](=O)[O-])c3)cc2)n[nH]1. The van der Waals surface area contributed by atoms with E-state index in [0.717, 1.165) is 5.56 Å². The van der Waals surface area contributed by atoms with Gasteiger partial charge in [0.1, 0.15) is 11.5 Å². The van der Waals surface area contributed by atoms with Crippen LogP contribution in [0.15, 0.2) is 66.7 Å². The second-order valence-corrected chi connectivity index (χ2v) is 8.01. The molecule has 35 heavy (non-hydrogen) atoms. The number of nitro benzene ring substituents is 1. The molecule has 10 nitrogen and oxygen atoms in total. The van der Waals surface area contributed by atoms with Gasteiger partial charge < -0.3 is 10.2 Å². The maximum atomic E-state index is 13.3. The number of hydrogen-bond acceptors (Lipinski definition) is 7. The second kappa shape index (κ2) is 9.56. The summed E-state index contributed by atoms with van der Waals surface area (Å²) in [5.74, 6) is 0.278. The van der Waals surface area contributed by atoms with E-state index in [0.29, 0.717) is 23.0 Å². The molecule has 0 radical (unpaired) electrons. The van der Waals surface area contributed by atoms with Gasteiger partial charge in [-0.05, 0) is 49.4 Å². The number of nitrogens with one attached hydrogen (secondary N) is 2. The van der Waals surface area contributed by atoms with Crippen LogP contribution in [-0.2, 0) is 0 Å². The Morgan fingerprint density at radius 1 is 1.00 bits per heavy atom. The largest absolute Gasteiger partial charge is 0.372 e. The highest BCUT2D eigenvalue weighted by Crippen LogP contribution is 2.29. The minimum atomic E-state index is -0.534. The first kappa shape index (κ1) is 23.3. The highest BCUT2D eigenvalue weighted by Gasteiger charge is 2.23. The third-order valence-electron chi connectivity index (χ3n) is 5.33. The smallest absolute Gasteiger partial charge is 0.293 e. The van der Waals surface area contributed by atoms with E-state index < -0.39 is 16.6 Å². The molecule has 1 heterocycles. The molecule has 2 N–H and O–H groups in total. The predicted molar refractivity (Wildman–Crippen MR) is 132 cm³/mol. The van der Waals surface area contributed by atoms with E-state index in [-0.39, 0.29) is 22.4 Å². The lowest BCUT2D eigenvalue weighted by molar-refractivity contribution is -0.384. The molecule has 0 fully saturated rings. The normalized spacial score (nSPS) is 10.6. The van der Waals surface area contributed by atoms with Crippen molar-refractivity contribution in [2.24, 2.45) is 0 Å². The quantitative estimate of drug-likeness (QED) is 0.234. The van der Waals surface area contributed by atoms with Crippen LogP contribution < -0.4 is 10.2 Å². The zero-order valence-corrected chi connectivity index (χ0v) is 19.3. The number of aryl methyl sites for hydroxylation is 1. The van der Waals surface area contributed by atoms with Crippen LogP contribution in [-0.4, -0.2) is 45.9 Å². The van der Waals surface area contributed by atoms with Crippen LogP contribution in [0.2, 0.25) is 0 Å². The van der Waals surface area contributed by atoms with Gasteiger partial charge in [0.25, 0.3) is 11.6 Å². The zero-order chi connectivity index (χ0) is 25.1. The van der Waals surface area contributed by atoms with E-state index in [1.807, 2.05) is 0 Å². The summed E-state index contributed by atoms with van der Waals surface area (Å²) in [5, 5.41) is 21.2. The van der Waals surface area contributed by atoms with E-state index in [1.165, 1.54) is 30.3 Å². The second-order valence-electron chi connectivity index (χ2n) is 8.01. The number of nitrogens with zero attached hydrogens (tertiary/aromatic N) is 4. The van der Waals surface area contributed by atoms with Crippen LogP contribution in [0.1, 0.15) is 32.1 Å². The van der Waals surface area contributed by atoms with E-state index >= 15 is 0 Å². The van der Waals surface area contributed by atoms with Crippen molar-refractivity contribution in [1.82, 2.24) is 15.2 Å². The van der Waals surface area contributed by atoms with Crippen molar-refractivity contribution in [1.29, 1.82) is 0 Å². The number of rotatable bonds is 7. The maximum Gasteiger partial charge on any atom is 0.293 e. The Morgan fingerprint density at radius 3 is 2.29 bits per heavy atom. The Hall–Kier alpha value is -4.86. The minimum absolute atomic E-state index is 0.119. The fourth-order valence-electron chi connectivity index (χ4n) is 3.60. The van der Waals surface area contributed by atoms with E-state index in [2.05, 4.69) is 20.5 Å². The van der Waals surface area contributed by atoms with Crippen molar-refractivity contribution in [3.63, 3.8) is 0 Å². The van der Waals surface area contributed by atoms with Gasteiger partial charge >= 0.3 is 0 Å². The number of carbonyl (C=O) groups excluding carboxylic acids is 2. The molecule has 1 amide bonds. The molecule has 0 aliphatic rings. The first-order valence-electron chi connectivity index (χ1n) is 10.6. The Labute approximate surface area is 200 Å². The van der Waals surface area contributed by atoms with Crippen LogP contribution in [0.5, 0.6) is 0 Å². The van der Waals surface area contributed by atoms with Crippen molar-refractivity contribution < 1.29 is 14.5 Å². The molecule has 10 heteroatoms. The number of H-pyrrole nitrogens is 1.